The molecule has 1 fully saturated rings. The van der Waals surface area contributed by atoms with Gasteiger partial charge in [0.1, 0.15) is 0 Å². The molecule has 0 bridgehead atoms. The molecule has 4 heteroatoms. The molecule has 0 aliphatic carbocycles. The van der Waals surface area contributed by atoms with E-state index in [0.717, 1.165) is 26.1 Å². The van der Waals surface area contributed by atoms with Crippen molar-refractivity contribution < 1.29 is 9.90 Å². The predicted molar refractivity (Wildman–Crippen MR) is 50.3 cm³/mol. The van der Waals surface area contributed by atoms with Crippen LogP contribution in [0.25, 0.3) is 0 Å². The maximum Gasteiger partial charge on any atom is 0.216 e. The molecule has 1 unspecified atom stereocenters. The number of likely N-dealkylation sites (tertiary alicyclic amines) is 1. The predicted octanol–water partition coefficient (Wildman–Crippen LogP) is -0.563. The van der Waals surface area contributed by atoms with Crippen molar-refractivity contribution in [2.24, 2.45) is 5.92 Å². The fourth-order valence-corrected chi connectivity index (χ4v) is 1.66. The van der Waals surface area contributed by atoms with Crippen LogP contribution in [0, 0.1) is 5.92 Å². The van der Waals surface area contributed by atoms with Crippen molar-refractivity contribution in [2.45, 2.75) is 13.3 Å². The van der Waals surface area contributed by atoms with Crippen LogP contribution in [0.15, 0.2) is 0 Å². The van der Waals surface area contributed by atoms with Crippen molar-refractivity contribution in [2.75, 3.05) is 32.8 Å². The highest BCUT2D eigenvalue weighted by atomic mass is 16.3. The first kappa shape index (κ1) is 10.5. The quantitative estimate of drug-likeness (QED) is 0.618. The van der Waals surface area contributed by atoms with E-state index < -0.39 is 0 Å². The fraction of sp³-hybridized carbons (Fsp3) is 0.889. The lowest BCUT2D eigenvalue weighted by molar-refractivity contribution is -0.119. The fourth-order valence-electron chi connectivity index (χ4n) is 1.66. The van der Waals surface area contributed by atoms with E-state index in [1.54, 1.807) is 0 Å². The molecule has 1 heterocycles. The van der Waals surface area contributed by atoms with Gasteiger partial charge in [0.2, 0.25) is 5.91 Å². The summed E-state index contributed by atoms with van der Waals surface area (Å²) in [5, 5.41) is 11.7. The summed E-state index contributed by atoms with van der Waals surface area (Å²) in [5.74, 6) is 0.468. The number of nitrogens with zero attached hydrogens (tertiary/aromatic N) is 1. The minimum absolute atomic E-state index is 0.0258. The number of hydrogen-bond donors (Lipinski definition) is 2. The van der Waals surface area contributed by atoms with Crippen LogP contribution in [0.1, 0.15) is 13.3 Å². The van der Waals surface area contributed by atoms with E-state index in [2.05, 4.69) is 10.2 Å². The smallest absolute Gasteiger partial charge is 0.216 e. The largest absolute Gasteiger partial charge is 0.396 e. The van der Waals surface area contributed by atoms with Gasteiger partial charge in [-0.3, -0.25) is 4.79 Å². The normalized spacial score (nSPS) is 23.4. The summed E-state index contributed by atoms with van der Waals surface area (Å²) in [4.78, 5) is 12.8. The van der Waals surface area contributed by atoms with Gasteiger partial charge in [-0.2, -0.15) is 0 Å². The van der Waals surface area contributed by atoms with E-state index in [0.29, 0.717) is 12.5 Å². The van der Waals surface area contributed by atoms with Crippen LogP contribution in [-0.2, 0) is 4.79 Å². The van der Waals surface area contributed by atoms with Gasteiger partial charge in [0.05, 0.1) is 0 Å². The van der Waals surface area contributed by atoms with Crippen LogP contribution >= 0.6 is 0 Å². The molecule has 1 aliphatic heterocycles. The molecule has 0 aromatic rings. The first-order valence-corrected chi connectivity index (χ1v) is 4.80. The lowest BCUT2D eigenvalue weighted by Gasteiger charge is -2.15. The number of aliphatic hydroxyl groups is 1. The number of aliphatic hydroxyl groups excluding tert-OH is 1. The van der Waals surface area contributed by atoms with Crippen LogP contribution in [0.2, 0.25) is 0 Å². The Bertz CT molecular complexity index is 173. The molecule has 0 saturated carbocycles. The Balaban J connectivity index is 2.07. The summed E-state index contributed by atoms with van der Waals surface area (Å²) < 4.78 is 0. The molecule has 13 heavy (non-hydrogen) atoms. The molecule has 0 aromatic heterocycles. The highest BCUT2D eigenvalue weighted by molar-refractivity contribution is 5.72. The molecule has 1 saturated heterocycles. The van der Waals surface area contributed by atoms with E-state index in [1.165, 1.54) is 6.92 Å². The lowest BCUT2D eigenvalue weighted by atomic mass is 10.1. The van der Waals surface area contributed by atoms with Crippen molar-refractivity contribution in [3.63, 3.8) is 0 Å². The average molecular weight is 186 g/mol. The Kier molecular flexibility index (Phi) is 4.18. The summed E-state index contributed by atoms with van der Waals surface area (Å²) in [6, 6.07) is 0. The van der Waals surface area contributed by atoms with Crippen molar-refractivity contribution >= 4 is 5.91 Å². The van der Waals surface area contributed by atoms with Gasteiger partial charge in [0, 0.05) is 33.2 Å². The standard InChI is InChI=1S/C9H18N2O2/c1-8(13)10-3-5-11-4-2-9(6-11)7-12/h9,12H,2-7H2,1H3,(H,10,13). The average Bonchev–Trinajstić information content (AvgIpc) is 2.52. The molecule has 0 radical (unpaired) electrons. The zero-order valence-electron chi connectivity index (χ0n) is 8.12. The van der Waals surface area contributed by atoms with E-state index in [-0.39, 0.29) is 12.5 Å². The molecule has 1 aliphatic rings. The number of hydrogen-bond acceptors (Lipinski definition) is 3. The van der Waals surface area contributed by atoms with Gasteiger partial charge in [-0.25, -0.2) is 0 Å². The van der Waals surface area contributed by atoms with Gasteiger partial charge in [0.15, 0.2) is 0 Å². The molecule has 2 N–H and O–H groups in total. The van der Waals surface area contributed by atoms with E-state index in [4.69, 9.17) is 5.11 Å². The summed E-state index contributed by atoms with van der Waals surface area (Å²) in [6.45, 7) is 5.45. The second-order valence-corrected chi connectivity index (χ2v) is 3.62. The zero-order chi connectivity index (χ0) is 9.68. The van der Waals surface area contributed by atoms with Gasteiger partial charge >= 0.3 is 0 Å². The number of carbonyl (C=O) groups excluding carboxylic acids is 1. The number of nitrogens with one attached hydrogen (secondary N) is 1. The highest BCUT2D eigenvalue weighted by Gasteiger charge is 2.20. The van der Waals surface area contributed by atoms with Crippen LogP contribution in [0.3, 0.4) is 0 Å². The van der Waals surface area contributed by atoms with Crippen LogP contribution in [-0.4, -0.2) is 48.7 Å². The Labute approximate surface area is 78.9 Å². The van der Waals surface area contributed by atoms with Crippen molar-refractivity contribution in [3.05, 3.63) is 0 Å². The summed E-state index contributed by atoms with van der Waals surface area (Å²) in [6.07, 6.45) is 1.08. The minimum atomic E-state index is 0.0258. The molecule has 1 atom stereocenters. The summed E-state index contributed by atoms with van der Waals surface area (Å²) in [7, 11) is 0. The van der Waals surface area contributed by atoms with Gasteiger partial charge in [0.25, 0.3) is 0 Å². The Hall–Kier alpha value is -0.610. The van der Waals surface area contributed by atoms with E-state index in [9.17, 15) is 4.79 Å². The third-order valence-electron chi connectivity index (χ3n) is 2.43. The molecular formula is C9H18N2O2. The Morgan fingerprint density at radius 3 is 3.00 bits per heavy atom. The number of carbonyl (C=O) groups is 1. The van der Waals surface area contributed by atoms with Crippen LogP contribution in [0.4, 0.5) is 0 Å². The molecule has 0 spiro atoms. The van der Waals surface area contributed by atoms with Crippen LogP contribution in [0.5, 0.6) is 0 Å². The third kappa shape index (κ3) is 3.74. The first-order valence-electron chi connectivity index (χ1n) is 4.80. The van der Waals surface area contributed by atoms with Crippen molar-refractivity contribution in [1.82, 2.24) is 10.2 Å². The van der Waals surface area contributed by atoms with Gasteiger partial charge in [-0.05, 0) is 18.9 Å². The molecule has 1 rings (SSSR count). The third-order valence-corrected chi connectivity index (χ3v) is 2.43. The molecule has 1 amide bonds. The maximum atomic E-state index is 10.6. The summed E-state index contributed by atoms with van der Waals surface area (Å²) >= 11 is 0. The Morgan fingerprint density at radius 2 is 2.46 bits per heavy atom. The van der Waals surface area contributed by atoms with Crippen molar-refractivity contribution in [3.8, 4) is 0 Å². The maximum absolute atomic E-state index is 10.6. The number of rotatable bonds is 4. The van der Waals surface area contributed by atoms with Crippen LogP contribution < -0.4 is 5.32 Å². The van der Waals surface area contributed by atoms with E-state index in [1.807, 2.05) is 0 Å². The highest BCUT2D eigenvalue weighted by Crippen LogP contribution is 2.13. The van der Waals surface area contributed by atoms with Gasteiger partial charge in [-0.1, -0.05) is 0 Å². The first-order chi connectivity index (χ1) is 6.22. The van der Waals surface area contributed by atoms with Gasteiger partial charge < -0.3 is 15.3 Å². The second-order valence-electron chi connectivity index (χ2n) is 3.62. The molecule has 0 aromatic carbocycles. The lowest BCUT2D eigenvalue weighted by Crippen LogP contribution is -2.32. The summed E-state index contributed by atoms with van der Waals surface area (Å²) in [5.41, 5.74) is 0. The molecule has 4 nitrogen and oxygen atoms in total. The van der Waals surface area contributed by atoms with Gasteiger partial charge in [-0.15, -0.1) is 0 Å². The molecule has 76 valence electrons. The SMILES string of the molecule is CC(=O)NCCN1CCC(CO)C1. The monoisotopic (exact) mass is 186 g/mol. The topological polar surface area (TPSA) is 52.6 Å². The second kappa shape index (κ2) is 5.19. The Morgan fingerprint density at radius 1 is 1.69 bits per heavy atom. The molecular weight excluding hydrogens is 168 g/mol. The van der Waals surface area contributed by atoms with Crippen molar-refractivity contribution in [1.29, 1.82) is 0 Å². The minimum Gasteiger partial charge on any atom is -0.396 e. The zero-order valence-corrected chi connectivity index (χ0v) is 8.12. The number of amides is 1. The van der Waals surface area contributed by atoms with E-state index >= 15 is 0 Å².